The zero-order chi connectivity index (χ0) is 15.5. The fraction of sp³-hybridized carbons (Fsp3) is 0.154. The Morgan fingerprint density at radius 1 is 1.33 bits per heavy atom. The quantitative estimate of drug-likeness (QED) is 0.872. The van der Waals surface area contributed by atoms with Crippen LogP contribution in [0.25, 0.3) is 0 Å². The van der Waals surface area contributed by atoms with Crippen LogP contribution in [0.2, 0.25) is 0 Å². The van der Waals surface area contributed by atoms with Gasteiger partial charge < -0.3 is 4.74 Å². The summed E-state index contributed by atoms with van der Waals surface area (Å²) >= 11 is 3.06. The van der Waals surface area contributed by atoms with Crippen LogP contribution < -0.4 is 9.46 Å². The summed E-state index contributed by atoms with van der Waals surface area (Å²) < 4.78 is 45.1. The van der Waals surface area contributed by atoms with Gasteiger partial charge in [0, 0.05) is 0 Å². The Bertz CT molecular complexity index is 736. The van der Waals surface area contributed by atoms with Crippen LogP contribution in [0.15, 0.2) is 45.9 Å². The van der Waals surface area contributed by atoms with Gasteiger partial charge in [0.25, 0.3) is 10.0 Å². The average molecular weight is 375 g/mol. The summed E-state index contributed by atoms with van der Waals surface area (Å²) in [4.78, 5) is 3.76. The van der Waals surface area contributed by atoms with Crippen LogP contribution in [-0.4, -0.2) is 20.0 Å². The van der Waals surface area contributed by atoms with Crippen molar-refractivity contribution in [2.45, 2.75) is 11.8 Å². The van der Waals surface area contributed by atoms with Gasteiger partial charge in [-0.3, -0.25) is 4.72 Å². The molecule has 0 unspecified atom stereocenters. The number of halogens is 2. The minimum atomic E-state index is -3.80. The van der Waals surface area contributed by atoms with Gasteiger partial charge in [0.15, 0.2) is 5.82 Å². The third kappa shape index (κ3) is 3.92. The van der Waals surface area contributed by atoms with E-state index in [1.807, 2.05) is 6.92 Å². The topological polar surface area (TPSA) is 68.3 Å². The zero-order valence-corrected chi connectivity index (χ0v) is 13.4. The summed E-state index contributed by atoms with van der Waals surface area (Å²) in [7, 11) is -3.80. The molecule has 1 heterocycles. The molecular formula is C13H12BrFN2O3S. The third-order valence-electron chi connectivity index (χ3n) is 2.48. The second-order valence-corrected chi connectivity index (χ2v) is 6.53. The number of benzene rings is 1. The van der Waals surface area contributed by atoms with E-state index >= 15 is 0 Å². The van der Waals surface area contributed by atoms with E-state index in [9.17, 15) is 12.8 Å². The van der Waals surface area contributed by atoms with E-state index in [2.05, 4.69) is 25.6 Å². The standard InChI is InChI=1S/C13H12BrFN2O3S/c1-2-20-10-3-5-11(6-4-10)21(18,19)17-13-12(14)7-9(15)8-16-13/h3-8H,2H2,1H3,(H,16,17). The Hall–Kier alpha value is -1.67. The van der Waals surface area contributed by atoms with Gasteiger partial charge in [-0.1, -0.05) is 0 Å². The lowest BCUT2D eigenvalue weighted by Crippen LogP contribution is -2.14. The van der Waals surface area contributed by atoms with Crippen LogP contribution >= 0.6 is 15.9 Å². The summed E-state index contributed by atoms with van der Waals surface area (Å²) in [5, 5.41) is 0. The number of sulfonamides is 1. The van der Waals surface area contributed by atoms with E-state index in [1.54, 1.807) is 12.1 Å². The molecule has 0 radical (unpaired) electrons. The maximum atomic E-state index is 12.9. The van der Waals surface area contributed by atoms with Crippen molar-refractivity contribution >= 4 is 31.8 Å². The second kappa shape index (κ2) is 6.40. The molecule has 0 spiro atoms. The van der Waals surface area contributed by atoms with Crippen molar-refractivity contribution in [3.63, 3.8) is 0 Å². The molecule has 112 valence electrons. The fourth-order valence-electron chi connectivity index (χ4n) is 1.56. The summed E-state index contributed by atoms with van der Waals surface area (Å²) in [5.74, 6) is 0.0358. The molecule has 5 nitrogen and oxygen atoms in total. The number of hydrogen-bond acceptors (Lipinski definition) is 4. The maximum absolute atomic E-state index is 12.9. The molecule has 1 aromatic carbocycles. The molecule has 0 saturated heterocycles. The third-order valence-corrected chi connectivity index (χ3v) is 4.44. The van der Waals surface area contributed by atoms with Gasteiger partial charge in [0.05, 0.1) is 22.2 Å². The number of aromatic nitrogens is 1. The number of pyridine rings is 1. The van der Waals surface area contributed by atoms with E-state index in [0.29, 0.717) is 12.4 Å². The SMILES string of the molecule is CCOc1ccc(S(=O)(=O)Nc2ncc(F)cc2Br)cc1. The molecule has 1 N–H and O–H groups in total. The Labute approximate surface area is 130 Å². The molecule has 0 aliphatic rings. The molecule has 0 atom stereocenters. The van der Waals surface area contributed by atoms with Crippen molar-refractivity contribution < 1.29 is 17.5 Å². The van der Waals surface area contributed by atoms with Gasteiger partial charge in [-0.25, -0.2) is 17.8 Å². The van der Waals surface area contributed by atoms with Crippen LogP contribution in [0.4, 0.5) is 10.2 Å². The Morgan fingerprint density at radius 2 is 2.00 bits per heavy atom. The van der Waals surface area contributed by atoms with Crippen molar-refractivity contribution in [1.29, 1.82) is 0 Å². The van der Waals surface area contributed by atoms with E-state index < -0.39 is 15.8 Å². The lowest BCUT2D eigenvalue weighted by molar-refractivity contribution is 0.340. The van der Waals surface area contributed by atoms with Gasteiger partial charge >= 0.3 is 0 Å². The fourth-order valence-corrected chi connectivity index (χ4v) is 3.14. The molecule has 0 bridgehead atoms. The molecule has 0 fully saturated rings. The van der Waals surface area contributed by atoms with Crippen molar-refractivity contribution in [2.24, 2.45) is 0 Å². The first-order chi connectivity index (χ1) is 9.92. The zero-order valence-electron chi connectivity index (χ0n) is 11.0. The van der Waals surface area contributed by atoms with Crippen molar-refractivity contribution in [3.8, 4) is 5.75 Å². The molecule has 2 aromatic rings. The summed E-state index contributed by atoms with van der Waals surface area (Å²) in [6.45, 7) is 2.33. The minimum Gasteiger partial charge on any atom is -0.494 e. The molecule has 1 aromatic heterocycles. The summed E-state index contributed by atoms with van der Waals surface area (Å²) in [6.07, 6.45) is 0.931. The highest BCUT2D eigenvalue weighted by molar-refractivity contribution is 9.10. The van der Waals surface area contributed by atoms with E-state index in [1.165, 1.54) is 12.1 Å². The van der Waals surface area contributed by atoms with Crippen molar-refractivity contribution in [1.82, 2.24) is 4.98 Å². The molecule has 0 aliphatic heterocycles. The predicted octanol–water partition coefficient (Wildman–Crippen LogP) is 3.18. The van der Waals surface area contributed by atoms with Gasteiger partial charge in [-0.2, -0.15) is 0 Å². The first-order valence-corrected chi connectivity index (χ1v) is 8.26. The first kappa shape index (κ1) is 15.7. The smallest absolute Gasteiger partial charge is 0.263 e. The molecular weight excluding hydrogens is 363 g/mol. The normalized spacial score (nSPS) is 11.2. The van der Waals surface area contributed by atoms with Crippen LogP contribution in [-0.2, 0) is 10.0 Å². The number of nitrogens with one attached hydrogen (secondary N) is 1. The highest BCUT2D eigenvalue weighted by Gasteiger charge is 2.16. The molecule has 21 heavy (non-hydrogen) atoms. The summed E-state index contributed by atoms with van der Waals surface area (Å²) in [6, 6.07) is 7.09. The minimum absolute atomic E-state index is 0.0188. The van der Waals surface area contributed by atoms with Crippen molar-refractivity contribution in [3.05, 3.63) is 46.8 Å². The molecule has 0 aliphatic carbocycles. The van der Waals surface area contributed by atoms with E-state index in [-0.39, 0.29) is 15.2 Å². The Balaban J connectivity index is 2.25. The number of anilines is 1. The number of rotatable bonds is 5. The molecule has 2 rings (SSSR count). The van der Waals surface area contributed by atoms with Crippen LogP contribution in [0.3, 0.4) is 0 Å². The predicted molar refractivity (Wildman–Crippen MR) is 80.3 cm³/mol. The highest BCUT2D eigenvalue weighted by Crippen LogP contribution is 2.24. The molecule has 0 amide bonds. The van der Waals surface area contributed by atoms with Crippen LogP contribution in [0, 0.1) is 5.82 Å². The number of ether oxygens (including phenoxy) is 1. The maximum Gasteiger partial charge on any atom is 0.263 e. The van der Waals surface area contributed by atoms with Crippen LogP contribution in [0.5, 0.6) is 5.75 Å². The van der Waals surface area contributed by atoms with E-state index in [4.69, 9.17) is 4.74 Å². The lowest BCUT2D eigenvalue weighted by atomic mass is 10.3. The molecule has 8 heteroatoms. The van der Waals surface area contributed by atoms with Gasteiger partial charge in [0.2, 0.25) is 0 Å². The first-order valence-electron chi connectivity index (χ1n) is 5.99. The van der Waals surface area contributed by atoms with Gasteiger partial charge in [-0.15, -0.1) is 0 Å². The Morgan fingerprint density at radius 3 is 2.57 bits per heavy atom. The Kier molecular flexibility index (Phi) is 4.79. The second-order valence-electron chi connectivity index (χ2n) is 3.99. The average Bonchev–Trinajstić information content (AvgIpc) is 2.43. The lowest BCUT2D eigenvalue weighted by Gasteiger charge is -2.09. The monoisotopic (exact) mass is 374 g/mol. The van der Waals surface area contributed by atoms with Crippen molar-refractivity contribution in [2.75, 3.05) is 11.3 Å². The number of nitrogens with zero attached hydrogens (tertiary/aromatic N) is 1. The molecule has 0 saturated carbocycles. The number of hydrogen-bond donors (Lipinski definition) is 1. The van der Waals surface area contributed by atoms with Gasteiger partial charge in [0.1, 0.15) is 11.6 Å². The largest absolute Gasteiger partial charge is 0.494 e. The highest BCUT2D eigenvalue weighted by atomic mass is 79.9. The van der Waals surface area contributed by atoms with Gasteiger partial charge in [-0.05, 0) is 53.2 Å². The summed E-state index contributed by atoms with van der Waals surface area (Å²) in [5.41, 5.74) is 0. The van der Waals surface area contributed by atoms with E-state index in [0.717, 1.165) is 12.3 Å². The van der Waals surface area contributed by atoms with Crippen LogP contribution in [0.1, 0.15) is 6.92 Å².